The van der Waals surface area contributed by atoms with Crippen molar-refractivity contribution in [3.05, 3.63) is 48.7 Å². The molecule has 0 radical (unpaired) electrons. The Morgan fingerprint density at radius 3 is 2.91 bits per heavy atom. The molecule has 0 aliphatic carbocycles. The van der Waals surface area contributed by atoms with E-state index in [-0.39, 0.29) is 11.4 Å². The van der Waals surface area contributed by atoms with Crippen molar-refractivity contribution >= 4 is 28.4 Å². The summed E-state index contributed by atoms with van der Waals surface area (Å²) in [6.45, 7) is 0. The van der Waals surface area contributed by atoms with Crippen LogP contribution in [0.25, 0.3) is 22.6 Å². The van der Waals surface area contributed by atoms with E-state index in [0.717, 1.165) is 5.56 Å². The van der Waals surface area contributed by atoms with Crippen LogP contribution in [0.5, 0.6) is 5.75 Å². The van der Waals surface area contributed by atoms with Gasteiger partial charge in [0.15, 0.2) is 5.82 Å². The topological polar surface area (TPSA) is 52.8 Å². The maximum Gasteiger partial charge on any atom is 0.166 e. The Morgan fingerprint density at radius 2 is 2.18 bits per heavy atom. The normalized spacial score (nSPS) is 11.2. The molecule has 0 bridgehead atoms. The third-order valence-electron chi connectivity index (χ3n) is 3.04. The first kappa shape index (κ1) is 15.3. The standard InChI is InChI=1S/C14H11FIN4OP/c1-21-12-4-2-3-10(15)13(12)14-17-6-5-11(19-14)9-7-18-20(8-9)22-16/h2-8,22H,1H3. The lowest BCUT2D eigenvalue weighted by Gasteiger charge is -2.08. The Bertz CT molecular complexity index is 811. The van der Waals surface area contributed by atoms with Gasteiger partial charge in [0.2, 0.25) is 0 Å². The average molecular weight is 428 g/mol. The molecular weight excluding hydrogens is 417 g/mol. The summed E-state index contributed by atoms with van der Waals surface area (Å²) < 4.78 is 21.2. The molecular formula is C14H11FIN4OP. The monoisotopic (exact) mass is 428 g/mol. The Hall–Kier alpha value is -1.60. The van der Waals surface area contributed by atoms with Gasteiger partial charge in [-0.2, -0.15) is 5.10 Å². The predicted octanol–water partition coefficient (Wildman–Crippen LogP) is 3.95. The highest BCUT2D eigenvalue weighted by molar-refractivity contribution is 14.2. The Kier molecular flexibility index (Phi) is 4.63. The van der Waals surface area contributed by atoms with Gasteiger partial charge in [0.1, 0.15) is 11.6 Å². The fraction of sp³-hybridized carbons (Fsp3) is 0.0714. The zero-order valence-corrected chi connectivity index (χ0v) is 14.7. The summed E-state index contributed by atoms with van der Waals surface area (Å²) in [5.74, 6) is 0.277. The van der Waals surface area contributed by atoms with E-state index in [1.807, 2.05) is 10.6 Å². The molecule has 1 unspecified atom stereocenters. The van der Waals surface area contributed by atoms with Crippen molar-refractivity contribution in [1.29, 1.82) is 0 Å². The molecule has 5 nitrogen and oxygen atoms in total. The van der Waals surface area contributed by atoms with E-state index in [0.29, 0.717) is 17.8 Å². The van der Waals surface area contributed by atoms with E-state index in [1.165, 1.54) is 13.2 Å². The van der Waals surface area contributed by atoms with E-state index in [9.17, 15) is 4.39 Å². The number of hydrogen-bond acceptors (Lipinski definition) is 4. The maximum atomic E-state index is 14.1. The van der Waals surface area contributed by atoms with Gasteiger partial charge < -0.3 is 4.74 Å². The quantitative estimate of drug-likeness (QED) is 0.467. The summed E-state index contributed by atoms with van der Waals surface area (Å²) in [6.07, 6.45) is 5.75. The number of hydrogen-bond donors (Lipinski definition) is 0. The molecule has 0 aliphatic heterocycles. The second-order valence-electron chi connectivity index (χ2n) is 4.34. The van der Waals surface area contributed by atoms with Crippen molar-refractivity contribution < 1.29 is 9.13 Å². The second kappa shape index (κ2) is 6.66. The molecule has 22 heavy (non-hydrogen) atoms. The van der Waals surface area contributed by atoms with Gasteiger partial charge in [-0.1, -0.05) is 6.07 Å². The summed E-state index contributed by atoms with van der Waals surface area (Å²) in [4.78, 5) is 8.62. The van der Waals surface area contributed by atoms with Crippen LogP contribution in [0.2, 0.25) is 0 Å². The summed E-state index contributed by atoms with van der Waals surface area (Å²) >= 11 is 2.25. The van der Waals surface area contributed by atoms with Gasteiger partial charge in [-0.15, -0.1) is 0 Å². The van der Waals surface area contributed by atoms with Gasteiger partial charge in [-0.05, 0) is 40.2 Å². The zero-order valence-electron chi connectivity index (χ0n) is 11.5. The molecule has 0 N–H and O–H groups in total. The minimum absolute atomic E-state index is 0.259. The molecule has 1 atom stereocenters. The third-order valence-corrected chi connectivity index (χ3v) is 4.94. The van der Waals surface area contributed by atoms with Crippen molar-refractivity contribution in [3.63, 3.8) is 0 Å². The number of ether oxygens (including phenoxy) is 1. The zero-order chi connectivity index (χ0) is 15.5. The molecule has 0 aliphatic rings. The SMILES string of the molecule is COc1cccc(F)c1-c1nccc(-c2cnn(PI)c2)n1. The third kappa shape index (κ3) is 2.96. The van der Waals surface area contributed by atoms with Gasteiger partial charge in [0, 0.05) is 18.0 Å². The van der Waals surface area contributed by atoms with Crippen LogP contribution in [-0.2, 0) is 0 Å². The first-order valence-corrected chi connectivity index (χ1v) is 10.4. The molecule has 0 saturated heterocycles. The number of rotatable bonds is 4. The van der Waals surface area contributed by atoms with Crippen molar-refractivity contribution in [3.8, 4) is 28.4 Å². The van der Waals surface area contributed by atoms with Crippen LogP contribution in [0, 0.1) is 5.82 Å². The number of benzene rings is 1. The fourth-order valence-electron chi connectivity index (χ4n) is 2.03. The number of methoxy groups -OCH3 is 1. The number of halogens is 2. The van der Waals surface area contributed by atoms with Crippen LogP contribution in [0.3, 0.4) is 0 Å². The molecule has 0 fully saturated rings. The molecule has 1 aromatic carbocycles. The van der Waals surface area contributed by atoms with Crippen molar-refractivity contribution in [1.82, 2.24) is 19.5 Å². The summed E-state index contributed by atoms with van der Waals surface area (Å²) in [5, 5.41) is 4.23. The first-order chi connectivity index (χ1) is 10.7. The Morgan fingerprint density at radius 1 is 1.32 bits per heavy atom. The van der Waals surface area contributed by atoms with E-state index in [1.54, 1.807) is 30.6 Å². The van der Waals surface area contributed by atoms with Crippen LogP contribution in [-0.4, -0.2) is 26.6 Å². The summed E-state index contributed by atoms with van der Waals surface area (Å²) in [6, 6.07) is 6.41. The van der Waals surface area contributed by atoms with Crippen LogP contribution in [0.15, 0.2) is 42.9 Å². The molecule has 0 amide bonds. The van der Waals surface area contributed by atoms with Crippen molar-refractivity contribution in [2.24, 2.45) is 0 Å². The van der Waals surface area contributed by atoms with Crippen molar-refractivity contribution in [2.45, 2.75) is 0 Å². The second-order valence-corrected chi connectivity index (χ2v) is 6.42. The molecule has 2 aromatic heterocycles. The highest BCUT2D eigenvalue weighted by Gasteiger charge is 2.15. The van der Waals surface area contributed by atoms with Crippen LogP contribution in [0.4, 0.5) is 4.39 Å². The minimum Gasteiger partial charge on any atom is -0.496 e. The highest BCUT2D eigenvalue weighted by atomic mass is 127. The Balaban J connectivity index is 2.09. The Labute approximate surface area is 141 Å². The number of aromatic nitrogens is 4. The van der Waals surface area contributed by atoms with Crippen LogP contribution in [0.1, 0.15) is 0 Å². The molecule has 0 saturated carbocycles. The van der Waals surface area contributed by atoms with Gasteiger partial charge in [-0.3, -0.25) is 0 Å². The largest absolute Gasteiger partial charge is 0.496 e. The average Bonchev–Trinajstić information content (AvgIpc) is 3.04. The predicted molar refractivity (Wildman–Crippen MR) is 92.9 cm³/mol. The summed E-state index contributed by atoms with van der Waals surface area (Å²) in [7, 11) is 1.49. The molecule has 112 valence electrons. The van der Waals surface area contributed by atoms with E-state index in [4.69, 9.17) is 4.74 Å². The molecule has 8 heteroatoms. The highest BCUT2D eigenvalue weighted by Crippen LogP contribution is 2.31. The van der Waals surface area contributed by atoms with Crippen LogP contribution < -0.4 is 4.74 Å². The van der Waals surface area contributed by atoms with Gasteiger partial charge >= 0.3 is 0 Å². The summed E-state index contributed by atoms with van der Waals surface area (Å²) in [5.41, 5.74) is 1.81. The molecule has 2 heterocycles. The van der Waals surface area contributed by atoms with E-state index in [2.05, 4.69) is 37.1 Å². The van der Waals surface area contributed by atoms with Gasteiger partial charge in [0.05, 0.1) is 30.9 Å². The molecule has 3 aromatic rings. The number of nitrogens with zero attached hydrogens (tertiary/aromatic N) is 4. The van der Waals surface area contributed by atoms with Crippen molar-refractivity contribution in [2.75, 3.05) is 7.11 Å². The van der Waals surface area contributed by atoms with Gasteiger partial charge in [-0.25, -0.2) is 18.8 Å². The smallest absolute Gasteiger partial charge is 0.166 e. The van der Waals surface area contributed by atoms with Gasteiger partial charge in [0.25, 0.3) is 0 Å². The lowest BCUT2D eigenvalue weighted by Crippen LogP contribution is -1.97. The lowest BCUT2D eigenvalue weighted by atomic mass is 10.1. The van der Waals surface area contributed by atoms with Crippen LogP contribution >= 0.6 is 28.4 Å². The fourth-order valence-corrected chi connectivity index (χ4v) is 3.11. The maximum absolute atomic E-state index is 14.1. The molecule has 0 spiro atoms. The molecule has 3 rings (SSSR count). The lowest BCUT2D eigenvalue weighted by molar-refractivity contribution is 0.413. The van der Waals surface area contributed by atoms with E-state index < -0.39 is 5.82 Å². The minimum atomic E-state index is -0.416. The first-order valence-electron chi connectivity index (χ1n) is 6.30. The van der Waals surface area contributed by atoms with E-state index >= 15 is 0 Å².